The molecule has 1 amide bonds. The molecule has 1 aliphatic heterocycles. The molecule has 1 aromatic heterocycles. The maximum absolute atomic E-state index is 11.7. The second-order valence-corrected chi connectivity index (χ2v) is 4.23. The van der Waals surface area contributed by atoms with Crippen molar-refractivity contribution in [2.24, 2.45) is 0 Å². The quantitative estimate of drug-likeness (QED) is 0.801. The van der Waals surface area contributed by atoms with Crippen LogP contribution in [0.3, 0.4) is 0 Å². The first-order valence-corrected chi connectivity index (χ1v) is 5.71. The number of amides is 1. The lowest BCUT2D eigenvalue weighted by atomic mass is 10.2. The molecule has 0 radical (unpaired) electrons. The maximum Gasteiger partial charge on any atom is 0.241 e. The van der Waals surface area contributed by atoms with Gasteiger partial charge in [0.2, 0.25) is 5.91 Å². The summed E-state index contributed by atoms with van der Waals surface area (Å²) < 4.78 is 0.663. The minimum absolute atomic E-state index is 0.0150. The first kappa shape index (κ1) is 10.6. The number of aromatic nitrogens is 1. The summed E-state index contributed by atoms with van der Waals surface area (Å²) in [5, 5.41) is 5.99. The Morgan fingerprint density at radius 1 is 1.67 bits per heavy atom. The predicted octanol–water partition coefficient (Wildman–Crippen LogP) is 1.53. The zero-order chi connectivity index (χ0) is 10.7. The third kappa shape index (κ3) is 2.54. The average molecular weight is 270 g/mol. The highest BCUT2D eigenvalue weighted by molar-refractivity contribution is 9.10. The Morgan fingerprint density at radius 2 is 2.53 bits per heavy atom. The van der Waals surface area contributed by atoms with E-state index in [4.69, 9.17) is 0 Å². The number of rotatable bonds is 2. The average Bonchev–Trinajstić information content (AvgIpc) is 2.74. The fourth-order valence-corrected chi connectivity index (χ4v) is 1.96. The second-order valence-electron chi connectivity index (χ2n) is 3.48. The molecule has 1 aromatic rings. The molecule has 0 spiro atoms. The summed E-state index contributed by atoms with van der Waals surface area (Å²) in [6, 6.07) is 3.56. The van der Waals surface area contributed by atoms with Crippen molar-refractivity contribution in [3.05, 3.63) is 22.9 Å². The molecule has 0 aliphatic carbocycles. The van der Waals surface area contributed by atoms with Gasteiger partial charge in [0.1, 0.15) is 4.60 Å². The van der Waals surface area contributed by atoms with Crippen LogP contribution in [0.15, 0.2) is 22.9 Å². The fraction of sp³-hybridized carbons (Fsp3) is 0.400. The summed E-state index contributed by atoms with van der Waals surface area (Å²) in [4.78, 5) is 15.8. The zero-order valence-electron chi connectivity index (χ0n) is 8.16. The number of anilines is 1. The van der Waals surface area contributed by atoms with E-state index in [1.54, 1.807) is 12.3 Å². The van der Waals surface area contributed by atoms with Crippen LogP contribution in [-0.4, -0.2) is 23.5 Å². The van der Waals surface area contributed by atoms with Gasteiger partial charge < -0.3 is 10.6 Å². The third-order valence-electron chi connectivity index (χ3n) is 2.39. The highest BCUT2D eigenvalue weighted by atomic mass is 79.9. The van der Waals surface area contributed by atoms with Crippen molar-refractivity contribution >= 4 is 27.5 Å². The Labute approximate surface area is 96.6 Å². The number of nitrogens with one attached hydrogen (secondary N) is 2. The smallest absolute Gasteiger partial charge is 0.241 e. The van der Waals surface area contributed by atoms with Crippen LogP contribution in [0.1, 0.15) is 12.8 Å². The summed E-state index contributed by atoms with van der Waals surface area (Å²) in [7, 11) is 0. The molecular formula is C10H12BrN3O. The van der Waals surface area contributed by atoms with Crippen LogP contribution in [0, 0.1) is 0 Å². The predicted molar refractivity (Wildman–Crippen MR) is 61.6 cm³/mol. The normalized spacial score (nSPS) is 20.2. The van der Waals surface area contributed by atoms with E-state index in [0.717, 1.165) is 25.1 Å². The lowest BCUT2D eigenvalue weighted by molar-refractivity contribution is -0.117. The molecule has 5 heteroatoms. The largest absolute Gasteiger partial charge is 0.322 e. The SMILES string of the molecule is O=C(Nc1cccnc1Br)[C@H]1CCCN1. The molecule has 0 saturated carbocycles. The van der Waals surface area contributed by atoms with Gasteiger partial charge in [0.15, 0.2) is 0 Å². The van der Waals surface area contributed by atoms with E-state index in [2.05, 4.69) is 31.5 Å². The Hall–Kier alpha value is -0.940. The monoisotopic (exact) mass is 269 g/mol. The van der Waals surface area contributed by atoms with Crippen LogP contribution >= 0.6 is 15.9 Å². The minimum atomic E-state index is -0.0582. The molecule has 2 heterocycles. The molecule has 0 unspecified atom stereocenters. The van der Waals surface area contributed by atoms with Gasteiger partial charge in [0.05, 0.1) is 11.7 Å². The summed E-state index contributed by atoms with van der Waals surface area (Å²) in [6.45, 7) is 0.923. The van der Waals surface area contributed by atoms with Gasteiger partial charge in [0.25, 0.3) is 0 Å². The van der Waals surface area contributed by atoms with Crippen LogP contribution in [0.4, 0.5) is 5.69 Å². The topological polar surface area (TPSA) is 54.0 Å². The van der Waals surface area contributed by atoms with Crippen molar-refractivity contribution in [1.29, 1.82) is 0 Å². The molecule has 0 bridgehead atoms. The maximum atomic E-state index is 11.7. The lowest BCUT2D eigenvalue weighted by Gasteiger charge is -2.11. The molecule has 80 valence electrons. The Bertz CT molecular complexity index is 363. The Balaban J connectivity index is 2.02. The molecule has 1 fully saturated rings. The van der Waals surface area contributed by atoms with Gasteiger partial charge in [-0.1, -0.05) is 0 Å². The number of pyridine rings is 1. The van der Waals surface area contributed by atoms with Crippen LogP contribution in [-0.2, 0) is 4.79 Å². The summed E-state index contributed by atoms with van der Waals surface area (Å²) >= 11 is 3.29. The van der Waals surface area contributed by atoms with Crippen LogP contribution in [0.25, 0.3) is 0 Å². The van der Waals surface area contributed by atoms with Crippen LogP contribution in [0.5, 0.6) is 0 Å². The molecule has 2 N–H and O–H groups in total. The minimum Gasteiger partial charge on any atom is -0.322 e. The van der Waals surface area contributed by atoms with Crippen molar-refractivity contribution in [2.75, 3.05) is 11.9 Å². The third-order valence-corrected chi connectivity index (χ3v) is 3.03. The van der Waals surface area contributed by atoms with Crippen molar-refractivity contribution in [3.63, 3.8) is 0 Å². The lowest BCUT2D eigenvalue weighted by Crippen LogP contribution is -2.35. The highest BCUT2D eigenvalue weighted by Gasteiger charge is 2.22. The number of nitrogens with zero attached hydrogens (tertiary/aromatic N) is 1. The van der Waals surface area contributed by atoms with Gasteiger partial charge in [-0.2, -0.15) is 0 Å². The number of halogens is 1. The van der Waals surface area contributed by atoms with E-state index < -0.39 is 0 Å². The van der Waals surface area contributed by atoms with Crippen molar-refractivity contribution < 1.29 is 4.79 Å². The molecular weight excluding hydrogens is 258 g/mol. The number of hydrogen-bond acceptors (Lipinski definition) is 3. The summed E-state index contributed by atoms with van der Waals surface area (Å²) in [5.41, 5.74) is 0.719. The van der Waals surface area contributed by atoms with Gasteiger partial charge in [-0.15, -0.1) is 0 Å². The highest BCUT2D eigenvalue weighted by Crippen LogP contribution is 2.19. The Kier molecular flexibility index (Phi) is 3.33. The van der Waals surface area contributed by atoms with E-state index in [1.165, 1.54) is 0 Å². The fourth-order valence-electron chi connectivity index (χ4n) is 1.61. The molecule has 0 aromatic carbocycles. The van der Waals surface area contributed by atoms with Crippen LogP contribution < -0.4 is 10.6 Å². The van der Waals surface area contributed by atoms with E-state index in [9.17, 15) is 4.79 Å². The molecule has 2 rings (SSSR count). The first-order valence-electron chi connectivity index (χ1n) is 4.92. The number of carbonyl (C=O) groups is 1. The van der Waals surface area contributed by atoms with E-state index in [1.807, 2.05) is 6.07 Å². The Morgan fingerprint density at radius 3 is 3.20 bits per heavy atom. The first-order chi connectivity index (χ1) is 7.27. The molecule has 1 atom stereocenters. The van der Waals surface area contributed by atoms with Gasteiger partial charge in [-0.05, 0) is 47.4 Å². The van der Waals surface area contributed by atoms with E-state index >= 15 is 0 Å². The number of carbonyl (C=O) groups excluding carboxylic acids is 1. The summed E-state index contributed by atoms with van der Waals surface area (Å²) in [5.74, 6) is 0.0150. The van der Waals surface area contributed by atoms with Crippen molar-refractivity contribution in [3.8, 4) is 0 Å². The van der Waals surface area contributed by atoms with Gasteiger partial charge >= 0.3 is 0 Å². The van der Waals surface area contributed by atoms with E-state index in [-0.39, 0.29) is 11.9 Å². The van der Waals surface area contributed by atoms with Gasteiger partial charge in [0, 0.05) is 6.20 Å². The molecule has 4 nitrogen and oxygen atoms in total. The molecule has 15 heavy (non-hydrogen) atoms. The zero-order valence-corrected chi connectivity index (χ0v) is 9.75. The van der Waals surface area contributed by atoms with Crippen molar-refractivity contribution in [2.45, 2.75) is 18.9 Å². The van der Waals surface area contributed by atoms with E-state index in [0.29, 0.717) is 4.60 Å². The second kappa shape index (κ2) is 4.72. The molecule has 1 saturated heterocycles. The number of hydrogen-bond donors (Lipinski definition) is 2. The standard InChI is InChI=1S/C10H12BrN3O/c11-9-7(3-1-6-13-9)14-10(15)8-4-2-5-12-8/h1,3,6,8,12H,2,4-5H2,(H,14,15)/t8-/m1/s1. The molecule has 1 aliphatic rings. The van der Waals surface area contributed by atoms with Gasteiger partial charge in [-0.25, -0.2) is 4.98 Å². The van der Waals surface area contributed by atoms with Crippen LogP contribution in [0.2, 0.25) is 0 Å². The van der Waals surface area contributed by atoms with Crippen molar-refractivity contribution in [1.82, 2.24) is 10.3 Å². The summed E-state index contributed by atoms with van der Waals surface area (Å²) in [6.07, 6.45) is 3.64. The van der Waals surface area contributed by atoms with Gasteiger partial charge in [-0.3, -0.25) is 4.79 Å².